The van der Waals surface area contributed by atoms with Crippen LogP contribution < -0.4 is 0 Å². The van der Waals surface area contributed by atoms with Crippen molar-refractivity contribution in [2.45, 2.75) is 26.7 Å². The first-order valence-electron chi connectivity index (χ1n) is 4.66. The smallest absolute Gasteiger partial charge is 0.127 e. The third kappa shape index (κ3) is 2.68. The highest BCUT2D eigenvalue weighted by atomic mass is 79.9. The van der Waals surface area contributed by atoms with Gasteiger partial charge in [0.2, 0.25) is 0 Å². The number of benzene rings is 1. The molecule has 0 heterocycles. The third-order valence-electron chi connectivity index (χ3n) is 2.28. The monoisotopic (exact) mass is 254 g/mol. The van der Waals surface area contributed by atoms with Gasteiger partial charge in [0.05, 0.1) is 0 Å². The lowest BCUT2D eigenvalue weighted by Gasteiger charge is -2.26. The highest BCUT2D eigenvalue weighted by molar-refractivity contribution is 9.10. The lowest BCUT2D eigenvalue weighted by atomic mass is 9.77. The largest absolute Gasteiger partial charge is 0.303 e. The fourth-order valence-corrected chi connectivity index (χ4v) is 1.90. The van der Waals surface area contributed by atoms with Crippen LogP contribution in [0.3, 0.4) is 0 Å². The van der Waals surface area contributed by atoms with Crippen molar-refractivity contribution < 1.29 is 4.79 Å². The number of rotatable bonds is 2. The van der Waals surface area contributed by atoms with E-state index in [1.54, 1.807) is 0 Å². The number of hydrogen-bond acceptors (Lipinski definition) is 1. The Hall–Kier alpha value is -0.630. The van der Waals surface area contributed by atoms with Gasteiger partial charge in [-0.3, -0.25) is 0 Å². The Bertz CT molecular complexity index is 325. The molecule has 1 unspecified atom stereocenters. The van der Waals surface area contributed by atoms with Gasteiger partial charge >= 0.3 is 0 Å². The first kappa shape index (κ1) is 11.4. The predicted octanol–water partition coefficient (Wildman–Crippen LogP) is 3.78. The summed E-state index contributed by atoms with van der Waals surface area (Å²) in [5, 5.41) is 0. The van der Waals surface area contributed by atoms with Crippen LogP contribution in [-0.4, -0.2) is 6.29 Å². The van der Waals surface area contributed by atoms with Crippen LogP contribution in [0.2, 0.25) is 0 Å². The quantitative estimate of drug-likeness (QED) is 0.735. The maximum absolute atomic E-state index is 11.0. The van der Waals surface area contributed by atoms with Crippen LogP contribution in [0.1, 0.15) is 32.3 Å². The van der Waals surface area contributed by atoms with E-state index in [-0.39, 0.29) is 11.3 Å². The molecule has 76 valence electrons. The van der Waals surface area contributed by atoms with Crippen molar-refractivity contribution in [1.29, 1.82) is 0 Å². The van der Waals surface area contributed by atoms with Crippen LogP contribution in [0.5, 0.6) is 0 Å². The van der Waals surface area contributed by atoms with E-state index in [0.717, 1.165) is 16.3 Å². The van der Waals surface area contributed by atoms with E-state index in [1.807, 2.05) is 24.3 Å². The van der Waals surface area contributed by atoms with Crippen LogP contribution in [0.25, 0.3) is 0 Å². The predicted molar refractivity (Wildman–Crippen MR) is 62.4 cm³/mol. The average molecular weight is 255 g/mol. The van der Waals surface area contributed by atoms with Gasteiger partial charge in [0.15, 0.2) is 0 Å². The van der Waals surface area contributed by atoms with E-state index >= 15 is 0 Å². The van der Waals surface area contributed by atoms with E-state index in [4.69, 9.17) is 0 Å². The number of halogens is 1. The van der Waals surface area contributed by atoms with Crippen LogP contribution in [0.15, 0.2) is 28.7 Å². The Kier molecular flexibility index (Phi) is 3.48. The zero-order valence-corrected chi connectivity index (χ0v) is 10.3. The highest BCUT2D eigenvalue weighted by Gasteiger charge is 2.25. The van der Waals surface area contributed by atoms with Crippen LogP contribution >= 0.6 is 15.9 Å². The Morgan fingerprint density at radius 2 is 2.00 bits per heavy atom. The van der Waals surface area contributed by atoms with E-state index in [0.29, 0.717) is 0 Å². The molecule has 1 aromatic carbocycles. The van der Waals surface area contributed by atoms with Crippen molar-refractivity contribution in [2.75, 3.05) is 0 Å². The molecule has 0 aromatic heterocycles. The van der Waals surface area contributed by atoms with Crippen molar-refractivity contribution in [3.8, 4) is 0 Å². The third-order valence-corrected chi connectivity index (χ3v) is 2.77. The van der Waals surface area contributed by atoms with Gasteiger partial charge in [-0.2, -0.15) is 0 Å². The first-order chi connectivity index (χ1) is 6.45. The molecule has 14 heavy (non-hydrogen) atoms. The van der Waals surface area contributed by atoms with E-state index in [2.05, 4.69) is 36.7 Å². The summed E-state index contributed by atoms with van der Waals surface area (Å²) >= 11 is 3.41. The Balaban J connectivity index is 3.07. The molecule has 1 aromatic rings. The summed E-state index contributed by atoms with van der Waals surface area (Å²) in [5.74, 6) is -0.0417. The maximum Gasteiger partial charge on any atom is 0.127 e. The molecule has 2 heteroatoms. The summed E-state index contributed by atoms with van der Waals surface area (Å²) < 4.78 is 1.02. The van der Waals surface area contributed by atoms with Gasteiger partial charge in [-0.05, 0) is 23.1 Å². The van der Waals surface area contributed by atoms with Crippen LogP contribution in [-0.2, 0) is 4.79 Å². The molecule has 0 fully saturated rings. The molecule has 0 saturated heterocycles. The van der Waals surface area contributed by atoms with Crippen molar-refractivity contribution >= 4 is 22.2 Å². The normalized spacial score (nSPS) is 13.7. The summed E-state index contributed by atoms with van der Waals surface area (Å²) in [6, 6.07) is 7.93. The second kappa shape index (κ2) is 4.26. The van der Waals surface area contributed by atoms with E-state index in [9.17, 15) is 4.79 Å². The Morgan fingerprint density at radius 1 is 1.36 bits per heavy atom. The molecule has 1 nitrogen and oxygen atoms in total. The molecule has 0 N–H and O–H groups in total. The van der Waals surface area contributed by atoms with E-state index in [1.165, 1.54) is 0 Å². The molecular weight excluding hydrogens is 240 g/mol. The summed E-state index contributed by atoms with van der Waals surface area (Å²) in [5.41, 5.74) is 1.05. The van der Waals surface area contributed by atoms with Crippen molar-refractivity contribution in [3.05, 3.63) is 34.3 Å². The fourth-order valence-electron chi connectivity index (χ4n) is 1.48. The molecule has 0 aliphatic heterocycles. The second-order valence-corrected chi connectivity index (χ2v) is 5.45. The number of carbonyl (C=O) groups is 1. The molecule has 0 spiro atoms. The molecular formula is C12H15BrO. The van der Waals surface area contributed by atoms with Crippen molar-refractivity contribution in [1.82, 2.24) is 0 Å². The summed E-state index contributed by atoms with van der Waals surface area (Å²) in [4.78, 5) is 11.0. The molecule has 0 bridgehead atoms. The average Bonchev–Trinajstić information content (AvgIpc) is 2.02. The summed E-state index contributed by atoms with van der Waals surface area (Å²) in [6.45, 7) is 6.23. The van der Waals surface area contributed by atoms with Gasteiger partial charge < -0.3 is 4.79 Å². The zero-order chi connectivity index (χ0) is 10.8. The minimum atomic E-state index is -0.0417. The Morgan fingerprint density at radius 3 is 2.43 bits per heavy atom. The highest BCUT2D eigenvalue weighted by Crippen LogP contribution is 2.34. The summed E-state index contributed by atoms with van der Waals surface area (Å²) in [6.07, 6.45) is 1.03. The van der Waals surface area contributed by atoms with Gasteiger partial charge in [-0.1, -0.05) is 48.8 Å². The SMILES string of the molecule is CC(C)(C)C(C=O)c1cccc(Br)c1. The molecule has 0 amide bonds. The van der Waals surface area contributed by atoms with Crippen LogP contribution in [0, 0.1) is 5.41 Å². The number of aldehydes is 1. The number of hydrogen-bond donors (Lipinski definition) is 0. The molecule has 0 aliphatic carbocycles. The molecule has 0 radical (unpaired) electrons. The van der Waals surface area contributed by atoms with Crippen molar-refractivity contribution in [3.63, 3.8) is 0 Å². The van der Waals surface area contributed by atoms with Gasteiger partial charge in [0.1, 0.15) is 6.29 Å². The van der Waals surface area contributed by atoms with Gasteiger partial charge in [0.25, 0.3) is 0 Å². The summed E-state index contributed by atoms with van der Waals surface area (Å²) in [7, 11) is 0. The fraction of sp³-hybridized carbons (Fsp3) is 0.417. The van der Waals surface area contributed by atoms with E-state index < -0.39 is 0 Å². The maximum atomic E-state index is 11.0. The molecule has 1 rings (SSSR count). The number of carbonyl (C=O) groups excluding carboxylic acids is 1. The van der Waals surface area contributed by atoms with Crippen molar-refractivity contribution in [2.24, 2.45) is 5.41 Å². The molecule has 0 aliphatic rings. The minimum absolute atomic E-state index is 0.0253. The first-order valence-corrected chi connectivity index (χ1v) is 5.45. The van der Waals surface area contributed by atoms with Crippen LogP contribution in [0.4, 0.5) is 0 Å². The molecule has 1 atom stereocenters. The zero-order valence-electron chi connectivity index (χ0n) is 8.75. The van der Waals surface area contributed by atoms with Gasteiger partial charge in [0, 0.05) is 10.4 Å². The second-order valence-electron chi connectivity index (χ2n) is 4.53. The van der Waals surface area contributed by atoms with Gasteiger partial charge in [-0.15, -0.1) is 0 Å². The lowest BCUT2D eigenvalue weighted by Crippen LogP contribution is -2.19. The Labute approximate surface area is 93.7 Å². The topological polar surface area (TPSA) is 17.1 Å². The minimum Gasteiger partial charge on any atom is -0.303 e. The standard InChI is InChI=1S/C12H15BrO/c1-12(2,3)11(8-14)9-5-4-6-10(13)7-9/h4-8,11H,1-3H3. The van der Waals surface area contributed by atoms with Gasteiger partial charge in [-0.25, -0.2) is 0 Å². The molecule has 0 saturated carbocycles. The lowest BCUT2D eigenvalue weighted by molar-refractivity contribution is -0.111.